The molecular weight excluding hydrogens is 120 g/mol. The highest BCUT2D eigenvalue weighted by Crippen LogP contribution is 2.32. The Morgan fingerprint density at radius 3 is 2.50 bits per heavy atom. The van der Waals surface area contributed by atoms with Crippen LogP contribution in [0, 0.1) is 5.92 Å². The molecule has 0 bridgehead atoms. The predicted molar refractivity (Wildman–Crippen MR) is 37.1 cm³/mol. The van der Waals surface area contributed by atoms with Gasteiger partial charge in [0.05, 0.1) is 5.60 Å². The molecule has 0 aromatic rings. The van der Waals surface area contributed by atoms with E-state index in [1.54, 1.807) is 0 Å². The van der Waals surface area contributed by atoms with Gasteiger partial charge in [-0.1, -0.05) is 6.92 Å². The van der Waals surface area contributed by atoms with Gasteiger partial charge >= 0.3 is 0 Å². The van der Waals surface area contributed by atoms with Crippen LogP contribution in [0.3, 0.4) is 0 Å². The first-order valence-electron chi connectivity index (χ1n) is 2.93. The fourth-order valence-corrected chi connectivity index (χ4v) is 2.29. The highest BCUT2D eigenvalue weighted by atomic mass is 32.2. The van der Waals surface area contributed by atoms with Gasteiger partial charge in [0.1, 0.15) is 0 Å². The third kappa shape index (κ3) is 1.00. The molecule has 0 unspecified atom stereocenters. The molecule has 1 N–H and O–H groups in total. The molecule has 8 heavy (non-hydrogen) atoms. The van der Waals surface area contributed by atoms with Gasteiger partial charge in [-0.15, -0.1) is 0 Å². The summed E-state index contributed by atoms with van der Waals surface area (Å²) in [5.41, 5.74) is -0.384. The van der Waals surface area contributed by atoms with E-state index >= 15 is 0 Å². The molecule has 0 spiro atoms. The van der Waals surface area contributed by atoms with Crippen LogP contribution in [0.15, 0.2) is 0 Å². The summed E-state index contributed by atoms with van der Waals surface area (Å²) in [5.74, 6) is 2.51. The van der Waals surface area contributed by atoms with Crippen LogP contribution in [-0.4, -0.2) is 22.2 Å². The Hall–Kier alpha value is 0.310. The van der Waals surface area contributed by atoms with E-state index in [9.17, 15) is 5.11 Å². The van der Waals surface area contributed by atoms with Crippen molar-refractivity contribution in [1.29, 1.82) is 0 Å². The highest BCUT2D eigenvalue weighted by molar-refractivity contribution is 7.99. The summed E-state index contributed by atoms with van der Waals surface area (Å²) in [6, 6.07) is 0. The summed E-state index contributed by atoms with van der Waals surface area (Å²) in [5, 5.41) is 9.44. The number of hydrogen-bond donors (Lipinski definition) is 1. The van der Waals surface area contributed by atoms with Crippen LogP contribution in [0.5, 0.6) is 0 Å². The molecule has 0 aromatic carbocycles. The minimum atomic E-state index is -0.384. The van der Waals surface area contributed by atoms with Crippen molar-refractivity contribution in [3.8, 4) is 0 Å². The topological polar surface area (TPSA) is 20.2 Å². The highest BCUT2D eigenvalue weighted by Gasteiger charge is 2.33. The van der Waals surface area contributed by atoms with Crippen LogP contribution >= 0.6 is 11.8 Å². The van der Waals surface area contributed by atoms with E-state index in [0.717, 1.165) is 11.5 Å². The molecule has 0 aromatic heterocycles. The lowest BCUT2D eigenvalue weighted by Gasteiger charge is -2.19. The first kappa shape index (κ1) is 6.43. The Kier molecular flexibility index (Phi) is 1.54. The van der Waals surface area contributed by atoms with Crippen LogP contribution in [0.25, 0.3) is 0 Å². The maximum Gasteiger partial charge on any atom is 0.0743 e. The van der Waals surface area contributed by atoms with E-state index in [1.807, 2.05) is 18.7 Å². The molecule has 1 aliphatic heterocycles. The molecule has 1 heterocycles. The molecular formula is C6H12OS. The zero-order valence-corrected chi connectivity index (χ0v) is 6.16. The second kappa shape index (κ2) is 1.92. The van der Waals surface area contributed by atoms with Gasteiger partial charge in [0.15, 0.2) is 0 Å². The first-order chi connectivity index (χ1) is 3.63. The third-order valence-electron chi connectivity index (χ3n) is 1.82. The van der Waals surface area contributed by atoms with Gasteiger partial charge in [-0.2, -0.15) is 11.8 Å². The number of aliphatic hydroxyl groups is 1. The lowest BCUT2D eigenvalue weighted by molar-refractivity contribution is 0.0469. The van der Waals surface area contributed by atoms with E-state index < -0.39 is 0 Å². The van der Waals surface area contributed by atoms with Crippen molar-refractivity contribution in [3.63, 3.8) is 0 Å². The van der Waals surface area contributed by atoms with Crippen molar-refractivity contribution >= 4 is 11.8 Å². The summed E-state index contributed by atoms with van der Waals surface area (Å²) in [4.78, 5) is 0. The van der Waals surface area contributed by atoms with Crippen LogP contribution < -0.4 is 0 Å². The monoisotopic (exact) mass is 132 g/mol. The van der Waals surface area contributed by atoms with Crippen LogP contribution in [0.2, 0.25) is 0 Å². The fourth-order valence-electron chi connectivity index (χ4n) is 0.764. The first-order valence-corrected chi connectivity index (χ1v) is 4.08. The van der Waals surface area contributed by atoms with Gasteiger partial charge in [-0.3, -0.25) is 0 Å². The second-order valence-electron chi connectivity index (χ2n) is 2.77. The van der Waals surface area contributed by atoms with Crippen molar-refractivity contribution in [2.75, 3.05) is 11.5 Å². The molecule has 0 radical (unpaired) electrons. The Bertz CT molecular complexity index is 90.5. The lowest BCUT2D eigenvalue weighted by Crippen LogP contribution is -2.30. The van der Waals surface area contributed by atoms with Gasteiger partial charge in [0.2, 0.25) is 0 Å². The van der Waals surface area contributed by atoms with Gasteiger partial charge in [0, 0.05) is 5.75 Å². The van der Waals surface area contributed by atoms with Crippen molar-refractivity contribution < 1.29 is 5.11 Å². The fraction of sp³-hybridized carbons (Fsp3) is 1.00. The maximum absolute atomic E-state index is 9.44. The minimum Gasteiger partial charge on any atom is -0.389 e. The van der Waals surface area contributed by atoms with Crippen molar-refractivity contribution in [1.82, 2.24) is 0 Å². The van der Waals surface area contributed by atoms with E-state index in [4.69, 9.17) is 0 Å². The molecule has 48 valence electrons. The Labute approximate surface area is 54.5 Å². The average molecular weight is 132 g/mol. The van der Waals surface area contributed by atoms with Gasteiger partial charge in [0.25, 0.3) is 0 Å². The zero-order chi connectivity index (χ0) is 6.20. The molecule has 0 saturated carbocycles. The molecule has 1 rings (SSSR count). The van der Waals surface area contributed by atoms with Gasteiger partial charge in [-0.05, 0) is 18.6 Å². The van der Waals surface area contributed by atoms with Crippen LogP contribution in [-0.2, 0) is 0 Å². The summed E-state index contributed by atoms with van der Waals surface area (Å²) < 4.78 is 0. The number of thioether (sulfide) groups is 1. The van der Waals surface area contributed by atoms with Crippen LogP contribution in [0.4, 0.5) is 0 Å². The molecule has 0 aliphatic carbocycles. The Morgan fingerprint density at radius 2 is 2.38 bits per heavy atom. The summed E-state index contributed by atoms with van der Waals surface area (Å²) in [6.07, 6.45) is 0. The molecule has 1 nitrogen and oxygen atoms in total. The normalized spacial score (nSPS) is 47.6. The Balaban J connectivity index is 2.54. The SMILES string of the molecule is C[C@@H]1CSC[C@]1(C)O. The number of rotatable bonds is 0. The quantitative estimate of drug-likeness (QED) is 0.533. The standard InChI is InChI=1S/C6H12OS/c1-5-3-8-4-6(5,2)7/h5,7H,3-4H2,1-2H3/t5-,6+/m1/s1. The smallest absolute Gasteiger partial charge is 0.0743 e. The van der Waals surface area contributed by atoms with Crippen molar-refractivity contribution in [2.24, 2.45) is 5.92 Å². The van der Waals surface area contributed by atoms with Gasteiger partial charge < -0.3 is 5.11 Å². The minimum absolute atomic E-state index is 0.384. The molecule has 0 amide bonds. The molecule has 2 atom stereocenters. The largest absolute Gasteiger partial charge is 0.389 e. The predicted octanol–water partition coefficient (Wildman–Crippen LogP) is 1.12. The van der Waals surface area contributed by atoms with E-state index in [1.165, 1.54) is 0 Å². The van der Waals surface area contributed by atoms with E-state index in [0.29, 0.717) is 5.92 Å². The van der Waals surface area contributed by atoms with Crippen LogP contribution in [0.1, 0.15) is 13.8 Å². The molecule has 1 saturated heterocycles. The summed E-state index contributed by atoms with van der Waals surface area (Å²) in [6.45, 7) is 4.01. The second-order valence-corrected chi connectivity index (χ2v) is 3.80. The zero-order valence-electron chi connectivity index (χ0n) is 5.35. The molecule has 1 fully saturated rings. The van der Waals surface area contributed by atoms with Crippen molar-refractivity contribution in [2.45, 2.75) is 19.4 Å². The Morgan fingerprint density at radius 1 is 1.75 bits per heavy atom. The van der Waals surface area contributed by atoms with E-state index in [2.05, 4.69) is 6.92 Å². The number of hydrogen-bond acceptors (Lipinski definition) is 2. The summed E-state index contributed by atoms with van der Waals surface area (Å²) >= 11 is 1.84. The molecule has 1 aliphatic rings. The average Bonchev–Trinajstić information content (AvgIpc) is 1.86. The maximum atomic E-state index is 9.44. The van der Waals surface area contributed by atoms with Crippen molar-refractivity contribution in [3.05, 3.63) is 0 Å². The third-order valence-corrected chi connectivity index (χ3v) is 3.35. The van der Waals surface area contributed by atoms with E-state index in [-0.39, 0.29) is 5.60 Å². The van der Waals surface area contributed by atoms with Gasteiger partial charge in [-0.25, -0.2) is 0 Å². The summed E-state index contributed by atoms with van der Waals surface area (Å²) in [7, 11) is 0. The molecule has 2 heteroatoms. The lowest BCUT2D eigenvalue weighted by atomic mass is 9.95.